The lowest BCUT2D eigenvalue weighted by molar-refractivity contribution is -0.140. The first-order valence-corrected chi connectivity index (χ1v) is 12.2. The number of hydrogen-bond acceptors (Lipinski definition) is 4. The van der Waals surface area contributed by atoms with Crippen molar-refractivity contribution in [3.63, 3.8) is 0 Å². The molecule has 1 aliphatic heterocycles. The standard InChI is InChI=1S/C27H29FN4O4/c1-16(19-5-6-19)31(14-18-3-8-22(28)9-4-18)24(34)15-32-25(35)27(30-26(32)36)12-20-7-10-23(29-17(2)33)11-21(20)13-27/h3-4,7-11,16,19H,5-6,12-15H2,1-2H3,(H,29,33)(H,30,36). The molecule has 0 radical (unpaired) electrons. The molecule has 188 valence electrons. The van der Waals surface area contributed by atoms with E-state index in [4.69, 9.17) is 0 Å². The van der Waals surface area contributed by atoms with Gasteiger partial charge in [-0.3, -0.25) is 19.3 Å². The van der Waals surface area contributed by atoms with Crippen molar-refractivity contribution in [2.45, 2.75) is 57.7 Å². The van der Waals surface area contributed by atoms with Gasteiger partial charge in [0, 0.05) is 38.0 Å². The number of nitrogens with zero attached hydrogens (tertiary/aromatic N) is 2. The Labute approximate surface area is 208 Å². The molecule has 0 bridgehead atoms. The summed E-state index contributed by atoms with van der Waals surface area (Å²) in [7, 11) is 0. The normalized spacial score (nSPS) is 21.4. The maximum Gasteiger partial charge on any atom is 0.325 e. The van der Waals surface area contributed by atoms with Crippen molar-refractivity contribution < 1.29 is 23.6 Å². The highest BCUT2D eigenvalue weighted by molar-refractivity contribution is 6.09. The largest absolute Gasteiger partial charge is 0.334 e. The van der Waals surface area contributed by atoms with Gasteiger partial charge in [0.05, 0.1) is 0 Å². The Kier molecular flexibility index (Phi) is 6.02. The smallest absolute Gasteiger partial charge is 0.325 e. The van der Waals surface area contributed by atoms with Crippen LogP contribution in [-0.4, -0.2) is 51.7 Å². The third kappa shape index (κ3) is 4.57. The van der Waals surface area contributed by atoms with Crippen molar-refractivity contribution in [2.75, 3.05) is 11.9 Å². The molecule has 2 unspecified atom stereocenters. The van der Waals surface area contributed by atoms with Crippen LogP contribution in [0.15, 0.2) is 42.5 Å². The van der Waals surface area contributed by atoms with E-state index in [1.54, 1.807) is 23.1 Å². The fourth-order valence-electron chi connectivity index (χ4n) is 5.32. The third-order valence-corrected chi connectivity index (χ3v) is 7.43. The van der Waals surface area contributed by atoms with E-state index < -0.39 is 17.5 Å². The summed E-state index contributed by atoms with van der Waals surface area (Å²) in [5, 5.41) is 5.57. The highest BCUT2D eigenvalue weighted by atomic mass is 19.1. The Balaban J connectivity index is 1.32. The number of fused-ring (bicyclic) bond motifs is 1. The molecular weight excluding hydrogens is 463 g/mol. The van der Waals surface area contributed by atoms with Crippen LogP contribution in [0.3, 0.4) is 0 Å². The van der Waals surface area contributed by atoms with E-state index in [-0.39, 0.29) is 36.8 Å². The Morgan fingerprint density at radius 2 is 1.83 bits per heavy atom. The molecular formula is C27H29FN4O4. The Hall–Kier alpha value is -3.75. The summed E-state index contributed by atoms with van der Waals surface area (Å²) < 4.78 is 13.4. The quantitative estimate of drug-likeness (QED) is 0.581. The number of urea groups is 1. The van der Waals surface area contributed by atoms with Crippen LogP contribution in [-0.2, 0) is 33.8 Å². The zero-order valence-electron chi connectivity index (χ0n) is 20.3. The van der Waals surface area contributed by atoms with Crippen LogP contribution in [0.1, 0.15) is 43.4 Å². The van der Waals surface area contributed by atoms with Crippen LogP contribution >= 0.6 is 0 Å². The van der Waals surface area contributed by atoms with E-state index in [9.17, 15) is 23.6 Å². The highest BCUT2D eigenvalue weighted by Gasteiger charge is 2.54. The molecule has 2 aliphatic carbocycles. The molecule has 2 aromatic carbocycles. The second-order valence-electron chi connectivity index (χ2n) is 10.1. The monoisotopic (exact) mass is 492 g/mol. The maximum absolute atomic E-state index is 13.5. The molecule has 2 atom stereocenters. The Morgan fingerprint density at radius 1 is 1.14 bits per heavy atom. The van der Waals surface area contributed by atoms with Crippen LogP contribution in [0.4, 0.5) is 14.9 Å². The molecule has 1 spiro atoms. The first-order valence-electron chi connectivity index (χ1n) is 12.2. The zero-order valence-corrected chi connectivity index (χ0v) is 20.3. The van der Waals surface area contributed by atoms with Crippen molar-refractivity contribution in [3.8, 4) is 0 Å². The van der Waals surface area contributed by atoms with E-state index >= 15 is 0 Å². The lowest BCUT2D eigenvalue weighted by Gasteiger charge is -2.31. The summed E-state index contributed by atoms with van der Waals surface area (Å²) in [4.78, 5) is 54.0. The summed E-state index contributed by atoms with van der Waals surface area (Å²) in [5.74, 6) is -0.894. The molecule has 1 heterocycles. The van der Waals surface area contributed by atoms with Crippen molar-refractivity contribution in [2.24, 2.45) is 5.92 Å². The number of anilines is 1. The lowest BCUT2D eigenvalue weighted by atomic mass is 9.96. The first kappa shape index (κ1) is 24.0. The maximum atomic E-state index is 13.5. The van der Waals surface area contributed by atoms with Gasteiger partial charge in [0.1, 0.15) is 17.9 Å². The van der Waals surface area contributed by atoms with Gasteiger partial charge in [0.2, 0.25) is 11.8 Å². The van der Waals surface area contributed by atoms with E-state index in [1.807, 2.05) is 19.1 Å². The molecule has 1 saturated heterocycles. The van der Waals surface area contributed by atoms with Gasteiger partial charge in [0.25, 0.3) is 5.91 Å². The summed E-state index contributed by atoms with van der Waals surface area (Å²) >= 11 is 0. The molecule has 8 nitrogen and oxygen atoms in total. The van der Waals surface area contributed by atoms with Crippen LogP contribution < -0.4 is 10.6 Å². The van der Waals surface area contributed by atoms with Crippen molar-refractivity contribution in [3.05, 3.63) is 65.0 Å². The minimum atomic E-state index is -1.13. The fourth-order valence-corrected chi connectivity index (χ4v) is 5.32. The van der Waals surface area contributed by atoms with E-state index in [2.05, 4.69) is 10.6 Å². The highest BCUT2D eigenvalue weighted by Crippen LogP contribution is 2.37. The van der Waals surface area contributed by atoms with Crippen LogP contribution in [0.25, 0.3) is 0 Å². The number of carbonyl (C=O) groups is 4. The molecule has 2 aromatic rings. The molecule has 3 aliphatic rings. The van der Waals surface area contributed by atoms with Gasteiger partial charge < -0.3 is 15.5 Å². The Bertz CT molecular complexity index is 1240. The number of amides is 5. The van der Waals surface area contributed by atoms with Crippen LogP contribution in [0.2, 0.25) is 0 Å². The van der Waals surface area contributed by atoms with Gasteiger partial charge in [-0.05, 0) is 66.6 Å². The number of imide groups is 1. The minimum Gasteiger partial charge on any atom is -0.334 e. The summed E-state index contributed by atoms with van der Waals surface area (Å²) in [6.45, 7) is 3.33. The molecule has 5 rings (SSSR count). The Morgan fingerprint density at radius 3 is 2.50 bits per heavy atom. The molecule has 2 fully saturated rings. The van der Waals surface area contributed by atoms with Crippen LogP contribution in [0.5, 0.6) is 0 Å². The minimum absolute atomic E-state index is 0.0554. The number of halogens is 1. The average Bonchev–Trinajstić information content (AvgIpc) is 3.58. The summed E-state index contributed by atoms with van der Waals surface area (Å²) in [5.41, 5.74) is 2.09. The number of rotatable bonds is 7. The summed E-state index contributed by atoms with van der Waals surface area (Å²) in [6, 6.07) is 10.8. The predicted octanol–water partition coefficient (Wildman–Crippen LogP) is 3.00. The second-order valence-corrected chi connectivity index (χ2v) is 10.1. The lowest BCUT2D eigenvalue weighted by Crippen LogP contribution is -2.49. The van der Waals surface area contributed by atoms with Crippen LogP contribution in [0, 0.1) is 11.7 Å². The van der Waals surface area contributed by atoms with Gasteiger partial charge in [-0.25, -0.2) is 9.18 Å². The van der Waals surface area contributed by atoms with E-state index in [0.717, 1.165) is 34.4 Å². The topological polar surface area (TPSA) is 98.8 Å². The van der Waals surface area contributed by atoms with Crippen molar-refractivity contribution in [1.29, 1.82) is 0 Å². The fraction of sp³-hybridized carbons (Fsp3) is 0.407. The number of benzene rings is 2. The van der Waals surface area contributed by atoms with Gasteiger partial charge >= 0.3 is 6.03 Å². The first-order chi connectivity index (χ1) is 17.1. The number of nitrogens with one attached hydrogen (secondary N) is 2. The average molecular weight is 493 g/mol. The van der Waals surface area contributed by atoms with Gasteiger partial charge in [-0.1, -0.05) is 18.2 Å². The predicted molar refractivity (Wildman–Crippen MR) is 130 cm³/mol. The SMILES string of the molecule is CC(=O)Nc1ccc2c(c1)CC1(C2)NC(=O)N(CC(=O)N(Cc2ccc(F)cc2)C(C)C2CC2)C1=O. The van der Waals surface area contributed by atoms with E-state index in [0.29, 0.717) is 24.4 Å². The van der Waals surface area contributed by atoms with Gasteiger partial charge in [-0.2, -0.15) is 0 Å². The van der Waals surface area contributed by atoms with Crippen molar-refractivity contribution >= 4 is 29.4 Å². The number of hydrogen-bond donors (Lipinski definition) is 2. The molecule has 0 aromatic heterocycles. The molecule has 9 heteroatoms. The van der Waals surface area contributed by atoms with E-state index in [1.165, 1.54) is 19.1 Å². The zero-order chi connectivity index (χ0) is 25.6. The third-order valence-electron chi connectivity index (χ3n) is 7.43. The number of carbonyl (C=O) groups excluding carboxylic acids is 4. The molecule has 5 amide bonds. The molecule has 36 heavy (non-hydrogen) atoms. The van der Waals surface area contributed by atoms with Gasteiger partial charge in [0.15, 0.2) is 0 Å². The van der Waals surface area contributed by atoms with Crippen molar-refractivity contribution in [1.82, 2.24) is 15.1 Å². The molecule has 1 saturated carbocycles. The van der Waals surface area contributed by atoms with Gasteiger partial charge in [-0.15, -0.1) is 0 Å². The molecule has 2 N–H and O–H groups in total. The summed E-state index contributed by atoms with van der Waals surface area (Å²) in [6.07, 6.45) is 2.68. The second kappa shape index (κ2) is 9.04.